The lowest BCUT2D eigenvalue weighted by atomic mass is 9.79. The number of aliphatic hydroxyl groups is 1. The van der Waals surface area contributed by atoms with Gasteiger partial charge in [0.2, 0.25) is 0 Å². The predicted molar refractivity (Wildman–Crippen MR) is 84.1 cm³/mol. The Morgan fingerprint density at radius 1 is 1.00 bits per heavy atom. The van der Waals surface area contributed by atoms with Crippen LogP contribution in [0.15, 0.2) is 12.1 Å². The molecule has 0 fully saturated rings. The maximum atomic E-state index is 10.4. The lowest BCUT2D eigenvalue weighted by molar-refractivity contribution is 0.305. The summed E-state index contributed by atoms with van der Waals surface area (Å²) >= 11 is 0. The minimum absolute atomic E-state index is 0.00110. The number of aromatic hydroxyl groups is 1. The second-order valence-electron chi connectivity index (χ2n) is 7.20. The van der Waals surface area contributed by atoms with Crippen LogP contribution in [0.25, 0.3) is 0 Å². The first-order chi connectivity index (χ1) is 9.07. The molecular formula is C18H26O2. The molecule has 0 bridgehead atoms. The second-order valence-corrected chi connectivity index (χ2v) is 7.20. The molecule has 0 saturated heterocycles. The molecule has 0 spiro atoms. The van der Waals surface area contributed by atoms with Crippen molar-refractivity contribution in [3.63, 3.8) is 0 Å². The zero-order valence-electron chi connectivity index (χ0n) is 13.5. The van der Waals surface area contributed by atoms with Gasteiger partial charge in [0.25, 0.3) is 0 Å². The van der Waals surface area contributed by atoms with E-state index in [4.69, 9.17) is 5.11 Å². The lowest BCUT2D eigenvalue weighted by Gasteiger charge is -2.26. The van der Waals surface area contributed by atoms with E-state index in [0.717, 1.165) is 11.1 Å². The van der Waals surface area contributed by atoms with Crippen LogP contribution < -0.4 is 0 Å². The molecule has 0 aromatic heterocycles. The normalized spacial score (nSPS) is 11.9. The molecule has 0 aliphatic carbocycles. The van der Waals surface area contributed by atoms with Crippen molar-refractivity contribution >= 4 is 0 Å². The Hall–Kier alpha value is -1.46. The van der Waals surface area contributed by atoms with Gasteiger partial charge in [-0.25, -0.2) is 0 Å². The van der Waals surface area contributed by atoms with E-state index in [2.05, 4.69) is 59.4 Å². The number of rotatable bonds is 1. The van der Waals surface area contributed by atoms with Gasteiger partial charge in [0.15, 0.2) is 0 Å². The van der Waals surface area contributed by atoms with Crippen LogP contribution in [0.1, 0.15) is 64.7 Å². The van der Waals surface area contributed by atoms with E-state index in [1.165, 1.54) is 0 Å². The fraction of sp³-hybridized carbons (Fsp3) is 0.556. The van der Waals surface area contributed by atoms with Gasteiger partial charge in [-0.15, -0.1) is 0 Å². The zero-order chi connectivity index (χ0) is 15.6. The topological polar surface area (TPSA) is 40.5 Å². The first-order valence-corrected chi connectivity index (χ1v) is 7.05. The summed E-state index contributed by atoms with van der Waals surface area (Å²) in [7, 11) is 0. The lowest BCUT2D eigenvalue weighted by Crippen LogP contribution is -2.17. The van der Waals surface area contributed by atoms with Gasteiger partial charge in [-0.1, -0.05) is 59.4 Å². The molecule has 20 heavy (non-hydrogen) atoms. The molecule has 1 aromatic carbocycles. The summed E-state index contributed by atoms with van der Waals surface area (Å²) in [5.41, 5.74) is 2.59. The zero-order valence-corrected chi connectivity index (χ0v) is 13.5. The molecule has 0 saturated carbocycles. The van der Waals surface area contributed by atoms with Gasteiger partial charge in [-0.2, -0.15) is 0 Å². The number of hydrogen-bond acceptors (Lipinski definition) is 2. The molecule has 0 aliphatic rings. The quantitative estimate of drug-likeness (QED) is 0.766. The number of phenols is 1. The molecule has 0 heterocycles. The van der Waals surface area contributed by atoms with Crippen LogP contribution in [-0.2, 0) is 10.8 Å². The summed E-state index contributed by atoms with van der Waals surface area (Å²) in [5.74, 6) is 6.13. The molecule has 110 valence electrons. The van der Waals surface area contributed by atoms with Crippen molar-refractivity contribution in [2.45, 2.75) is 58.8 Å². The molecule has 0 unspecified atom stereocenters. The Morgan fingerprint density at radius 2 is 1.60 bits per heavy atom. The molecule has 1 aromatic rings. The molecular weight excluding hydrogens is 248 g/mol. The number of hydrogen-bond donors (Lipinski definition) is 2. The standard InChI is InChI=1S/C18H26O2/c1-17(2,3)14-11-13(9-7-8-10-19)16(20)15(12-14)18(4,5)6/h11-12,19-20H,8,10H2,1-6H3. The van der Waals surface area contributed by atoms with Crippen LogP contribution in [-0.4, -0.2) is 16.8 Å². The third-order valence-corrected chi connectivity index (χ3v) is 3.24. The molecule has 2 heteroatoms. The first kappa shape index (κ1) is 16.6. The fourth-order valence-corrected chi connectivity index (χ4v) is 1.95. The molecule has 1 rings (SSSR count). The van der Waals surface area contributed by atoms with E-state index in [1.807, 2.05) is 6.07 Å². The third kappa shape index (κ3) is 4.02. The highest BCUT2D eigenvalue weighted by Crippen LogP contribution is 2.37. The molecule has 2 nitrogen and oxygen atoms in total. The molecule has 0 amide bonds. The van der Waals surface area contributed by atoms with Gasteiger partial charge in [-0.3, -0.25) is 0 Å². The van der Waals surface area contributed by atoms with E-state index in [9.17, 15) is 5.11 Å². The van der Waals surface area contributed by atoms with Gasteiger partial charge < -0.3 is 10.2 Å². The Balaban J connectivity index is 3.49. The highest BCUT2D eigenvalue weighted by molar-refractivity contribution is 5.55. The van der Waals surface area contributed by atoms with Crippen molar-refractivity contribution in [1.29, 1.82) is 0 Å². The maximum absolute atomic E-state index is 10.4. The second kappa shape index (κ2) is 5.89. The van der Waals surface area contributed by atoms with Crippen LogP contribution >= 0.6 is 0 Å². The van der Waals surface area contributed by atoms with E-state index in [1.54, 1.807) is 0 Å². The molecule has 0 aliphatic heterocycles. The largest absolute Gasteiger partial charge is 0.506 e. The minimum atomic E-state index is -0.140. The van der Waals surface area contributed by atoms with Crippen LogP contribution in [0.4, 0.5) is 0 Å². The fourth-order valence-electron chi connectivity index (χ4n) is 1.95. The van der Waals surface area contributed by atoms with Crippen molar-refractivity contribution in [2.24, 2.45) is 0 Å². The van der Waals surface area contributed by atoms with Crippen molar-refractivity contribution in [2.75, 3.05) is 6.61 Å². The highest BCUT2D eigenvalue weighted by Gasteiger charge is 2.24. The van der Waals surface area contributed by atoms with Gasteiger partial charge in [-0.05, 0) is 22.5 Å². The SMILES string of the molecule is CC(C)(C)c1cc(C#CCCO)c(O)c(C(C)(C)C)c1. The van der Waals surface area contributed by atoms with E-state index in [-0.39, 0.29) is 23.2 Å². The van der Waals surface area contributed by atoms with Crippen LogP contribution in [0, 0.1) is 11.8 Å². The summed E-state index contributed by atoms with van der Waals surface area (Å²) in [4.78, 5) is 0. The summed E-state index contributed by atoms with van der Waals surface area (Å²) < 4.78 is 0. The number of aliphatic hydroxyl groups excluding tert-OH is 1. The molecule has 2 N–H and O–H groups in total. The Kier molecular flexibility index (Phi) is 4.89. The third-order valence-electron chi connectivity index (χ3n) is 3.24. The van der Waals surface area contributed by atoms with Crippen molar-refractivity contribution < 1.29 is 10.2 Å². The Morgan fingerprint density at radius 3 is 2.05 bits per heavy atom. The first-order valence-electron chi connectivity index (χ1n) is 7.05. The van der Waals surface area contributed by atoms with Crippen molar-refractivity contribution in [1.82, 2.24) is 0 Å². The van der Waals surface area contributed by atoms with Gasteiger partial charge in [0.05, 0.1) is 12.2 Å². The monoisotopic (exact) mass is 274 g/mol. The van der Waals surface area contributed by atoms with E-state index >= 15 is 0 Å². The van der Waals surface area contributed by atoms with Crippen LogP contribution in [0.3, 0.4) is 0 Å². The van der Waals surface area contributed by atoms with Crippen LogP contribution in [0.5, 0.6) is 5.75 Å². The van der Waals surface area contributed by atoms with Gasteiger partial charge in [0.1, 0.15) is 5.75 Å². The van der Waals surface area contributed by atoms with E-state index < -0.39 is 0 Å². The average molecular weight is 274 g/mol. The summed E-state index contributed by atoms with van der Waals surface area (Å²) in [6, 6.07) is 4.03. The maximum Gasteiger partial charge on any atom is 0.134 e. The molecule has 0 radical (unpaired) electrons. The van der Waals surface area contributed by atoms with Crippen molar-refractivity contribution in [3.05, 3.63) is 28.8 Å². The van der Waals surface area contributed by atoms with Crippen LogP contribution in [0.2, 0.25) is 0 Å². The Bertz CT molecular complexity index is 531. The number of phenolic OH excluding ortho intramolecular Hbond substituents is 1. The minimum Gasteiger partial charge on any atom is -0.506 e. The predicted octanol–water partition coefficient (Wildman–Crippen LogP) is 3.72. The summed E-state index contributed by atoms with van der Waals surface area (Å²) in [6.07, 6.45) is 0.421. The van der Waals surface area contributed by atoms with Crippen molar-refractivity contribution in [3.8, 4) is 17.6 Å². The summed E-state index contributed by atoms with van der Waals surface area (Å²) in [6.45, 7) is 12.7. The molecule has 0 atom stereocenters. The van der Waals surface area contributed by atoms with E-state index in [0.29, 0.717) is 12.0 Å². The summed E-state index contributed by atoms with van der Waals surface area (Å²) in [5, 5.41) is 19.3. The number of benzene rings is 1. The Labute approximate surface area is 122 Å². The van der Waals surface area contributed by atoms with Gasteiger partial charge in [0, 0.05) is 12.0 Å². The van der Waals surface area contributed by atoms with Gasteiger partial charge >= 0.3 is 0 Å². The smallest absolute Gasteiger partial charge is 0.134 e. The average Bonchev–Trinajstić information content (AvgIpc) is 2.28. The highest BCUT2D eigenvalue weighted by atomic mass is 16.3.